The van der Waals surface area contributed by atoms with E-state index < -0.39 is 0 Å². The highest BCUT2D eigenvalue weighted by atomic mass is 79.9. The van der Waals surface area contributed by atoms with Crippen molar-refractivity contribution in [1.82, 2.24) is 0 Å². The largest absolute Gasteiger partial charge is 0.399 e. The maximum Gasteiger partial charge on any atom is 0.0702 e. The first-order valence-corrected chi connectivity index (χ1v) is 3.47. The highest BCUT2D eigenvalue weighted by Crippen LogP contribution is 2.09. The van der Waals surface area contributed by atoms with Crippen LogP contribution in [0.2, 0.25) is 0 Å². The Morgan fingerprint density at radius 2 is 2.10 bits per heavy atom. The van der Waals surface area contributed by atoms with Gasteiger partial charge in [-0.25, -0.2) is 0 Å². The van der Waals surface area contributed by atoms with Crippen molar-refractivity contribution in [2.75, 3.05) is 6.61 Å². The monoisotopic (exact) mass is 203 g/mol. The summed E-state index contributed by atoms with van der Waals surface area (Å²) >= 11 is 3.11. The van der Waals surface area contributed by atoms with Gasteiger partial charge in [0.1, 0.15) is 0 Å². The van der Waals surface area contributed by atoms with E-state index in [0.29, 0.717) is 15.8 Å². The number of rotatable bonds is 3. The third-order valence-electron chi connectivity index (χ3n) is 0.914. The topological polar surface area (TPSA) is 46.2 Å². The van der Waals surface area contributed by atoms with E-state index in [1.54, 1.807) is 6.08 Å². The molecule has 0 aliphatic carbocycles. The zero-order chi connectivity index (χ0) is 8.15. The van der Waals surface area contributed by atoms with Crippen molar-refractivity contribution in [2.24, 2.45) is 5.73 Å². The molecule has 3 heteroatoms. The lowest BCUT2D eigenvalue weighted by molar-refractivity contribution is 0.333. The van der Waals surface area contributed by atoms with E-state index in [2.05, 4.69) is 29.1 Å². The van der Waals surface area contributed by atoms with Crippen LogP contribution in [0.4, 0.5) is 0 Å². The van der Waals surface area contributed by atoms with Crippen molar-refractivity contribution in [1.29, 1.82) is 0 Å². The van der Waals surface area contributed by atoms with Crippen LogP contribution in [0.15, 0.2) is 35.0 Å². The molecule has 0 aromatic heterocycles. The fraction of sp³-hybridized carbons (Fsp3) is 0.143. The Labute approximate surface area is 68.9 Å². The lowest BCUT2D eigenvalue weighted by atomic mass is 10.2. The maximum atomic E-state index is 8.67. The van der Waals surface area contributed by atoms with E-state index in [-0.39, 0.29) is 6.61 Å². The van der Waals surface area contributed by atoms with Crippen LogP contribution in [0.1, 0.15) is 0 Å². The van der Waals surface area contributed by atoms with Crippen LogP contribution in [0.5, 0.6) is 0 Å². The highest BCUT2D eigenvalue weighted by molar-refractivity contribution is 9.11. The molecule has 0 aliphatic heterocycles. The van der Waals surface area contributed by atoms with Crippen LogP contribution in [0.3, 0.4) is 0 Å². The number of nitrogens with two attached hydrogens (primary N) is 1. The molecule has 0 aromatic rings. The molecule has 0 heterocycles. The summed E-state index contributed by atoms with van der Waals surface area (Å²) in [5, 5.41) is 8.67. The zero-order valence-corrected chi connectivity index (χ0v) is 7.19. The minimum Gasteiger partial charge on any atom is -0.399 e. The molecule has 0 atom stereocenters. The van der Waals surface area contributed by atoms with Gasteiger partial charge in [-0.05, 0) is 6.08 Å². The first-order valence-electron chi connectivity index (χ1n) is 2.68. The van der Waals surface area contributed by atoms with Gasteiger partial charge in [0.2, 0.25) is 0 Å². The molecule has 0 unspecified atom stereocenters. The van der Waals surface area contributed by atoms with E-state index >= 15 is 0 Å². The summed E-state index contributed by atoms with van der Waals surface area (Å²) in [6.45, 7) is 6.91. The smallest absolute Gasteiger partial charge is 0.0702 e. The Balaban J connectivity index is 4.34. The lowest BCUT2D eigenvalue weighted by Crippen LogP contribution is -2.02. The second-order valence-electron chi connectivity index (χ2n) is 1.80. The first kappa shape index (κ1) is 9.46. The Morgan fingerprint density at radius 1 is 1.60 bits per heavy atom. The molecule has 0 aliphatic rings. The predicted octanol–water partition coefficient (Wildman–Crippen LogP) is 1.29. The minimum absolute atomic E-state index is 0.111. The third-order valence-corrected chi connectivity index (χ3v) is 1.14. The minimum atomic E-state index is -0.111. The molecule has 0 bridgehead atoms. The fourth-order valence-electron chi connectivity index (χ4n) is 0.429. The van der Waals surface area contributed by atoms with Crippen LogP contribution >= 0.6 is 15.9 Å². The van der Waals surface area contributed by atoms with Gasteiger partial charge < -0.3 is 10.8 Å². The van der Waals surface area contributed by atoms with Gasteiger partial charge >= 0.3 is 0 Å². The maximum absolute atomic E-state index is 8.67. The Morgan fingerprint density at radius 3 is 2.20 bits per heavy atom. The summed E-state index contributed by atoms with van der Waals surface area (Å²) in [6, 6.07) is 0. The molecular formula is C7H10BrNO. The molecule has 0 amide bonds. The number of aliphatic hydroxyl groups is 1. The molecular weight excluding hydrogens is 194 g/mol. The van der Waals surface area contributed by atoms with E-state index in [1.807, 2.05) is 0 Å². The van der Waals surface area contributed by atoms with E-state index in [0.717, 1.165) is 0 Å². The van der Waals surface area contributed by atoms with Gasteiger partial charge in [0.15, 0.2) is 0 Å². The fourth-order valence-corrected chi connectivity index (χ4v) is 0.705. The summed E-state index contributed by atoms with van der Waals surface area (Å²) in [5.41, 5.74) is 6.26. The normalized spacial score (nSPS) is 11.2. The third kappa shape index (κ3) is 3.48. The number of hydrogen-bond acceptors (Lipinski definition) is 2. The van der Waals surface area contributed by atoms with Crippen molar-refractivity contribution in [3.8, 4) is 0 Å². The number of allylic oxidation sites excluding steroid dienone is 2. The SMILES string of the molecule is C=C(Br)/C=C(/CO)C(=C)N. The molecule has 56 valence electrons. The summed E-state index contributed by atoms with van der Waals surface area (Å²) in [5.74, 6) is 0. The van der Waals surface area contributed by atoms with Crippen LogP contribution in [-0.2, 0) is 0 Å². The Hall–Kier alpha value is -0.540. The molecule has 2 nitrogen and oxygen atoms in total. The Bertz CT molecular complexity index is 184. The summed E-state index contributed by atoms with van der Waals surface area (Å²) < 4.78 is 0.670. The average Bonchev–Trinajstić information content (AvgIpc) is 1.81. The quantitative estimate of drug-likeness (QED) is 0.680. The standard InChI is InChI=1S/C7H10BrNO/c1-5(8)3-7(4-10)6(2)9/h3,10H,1-2,4,9H2/b7-3-. The van der Waals surface area contributed by atoms with Crippen LogP contribution in [-0.4, -0.2) is 11.7 Å². The average molecular weight is 204 g/mol. The van der Waals surface area contributed by atoms with Gasteiger partial charge in [0, 0.05) is 15.8 Å². The van der Waals surface area contributed by atoms with Crippen molar-refractivity contribution in [3.63, 3.8) is 0 Å². The van der Waals surface area contributed by atoms with Crippen molar-refractivity contribution < 1.29 is 5.11 Å². The predicted molar refractivity (Wildman–Crippen MR) is 46.6 cm³/mol. The highest BCUT2D eigenvalue weighted by Gasteiger charge is 1.95. The molecule has 0 rings (SSSR count). The van der Waals surface area contributed by atoms with Gasteiger partial charge in [-0.2, -0.15) is 0 Å². The van der Waals surface area contributed by atoms with E-state index in [1.165, 1.54) is 0 Å². The van der Waals surface area contributed by atoms with Gasteiger partial charge in [-0.1, -0.05) is 29.1 Å². The second kappa shape index (κ2) is 4.30. The number of hydrogen-bond donors (Lipinski definition) is 2. The zero-order valence-electron chi connectivity index (χ0n) is 5.60. The van der Waals surface area contributed by atoms with Gasteiger partial charge in [0.25, 0.3) is 0 Å². The van der Waals surface area contributed by atoms with Crippen LogP contribution < -0.4 is 5.73 Å². The molecule has 0 radical (unpaired) electrons. The number of aliphatic hydroxyl groups excluding tert-OH is 1. The van der Waals surface area contributed by atoms with Crippen molar-refractivity contribution in [2.45, 2.75) is 0 Å². The molecule has 0 saturated heterocycles. The van der Waals surface area contributed by atoms with Crippen LogP contribution in [0.25, 0.3) is 0 Å². The number of halogens is 1. The van der Waals surface area contributed by atoms with Crippen molar-refractivity contribution >= 4 is 15.9 Å². The summed E-state index contributed by atoms with van der Waals surface area (Å²) in [4.78, 5) is 0. The van der Waals surface area contributed by atoms with Crippen molar-refractivity contribution in [3.05, 3.63) is 35.0 Å². The first-order chi connectivity index (χ1) is 4.57. The summed E-state index contributed by atoms with van der Waals surface area (Å²) in [7, 11) is 0. The van der Waals surface area contributed by atoms with Gasteiger partial charge in [-0.15, -0.1) is 0 Å². The van der Waals surface area contributed by atoms with Gasteiger partial charge in [0.05, 0.1) is 6.61 Å². The second-order valence-corrected chi connectivity index (χ2v) is 2.82. The van der Waals surface area contributed by atoms with Crippen LogP contribution in [0, 0.1) is 0 Å². The molecule has 10 heavy (non-hydrogen) atoms. The Kier molecular flexibility index (Phi) is 4.07. The van der Waals surface area contributed by atoms with E-state index in [4.69, 9.17) is 10.8 Å². The molecule has 0 aromatic carbocycles. The van der Waals surface area contributed by atoms with E-state index in [9.17, 15) is 0 Å². The summed E-state index contributed by atoms with van der Waals surface area (Å²) in [6.07, 6.45) is 1.63. The lowest BCUT2D eigenvalue weighted by Gasteiger charge is -2.00. The molecule has 0 saturated carbocycles. The molecule has 0 spiro atoms. The molecule has 0 fully saturated rings. The molecule has 3 N–H and O–H groups in total. The van der Waals surface area contributed by atoms with Gasteiger partial charge in [-0.3, -0.25) is 0 Å².